The molecule has 0 saturated heterocycles. The zero-order valence-corrected chi connectivity index (χ0v) is 7.04. The maximum absolute atomic E-state index is 11.8. The van der Waals surface area contributed by atoms with E-state index in [9.17, 15) is 13.2 Å². The van der Waals surface area contributed by atoms with Crippen molar-refractivity contribution in [1.82, 2.24) is 4.98 Å². The quantitative estimate of drug-likeness (QED) is 0.738. The van der Waals surface area contributed by atoms with Gasteiger partial charge in [-0.15, -0.1) is 13.2 Å². The summed E-state index contributed by atoms with van der Waals surface area (Å²) in [6, 6.07) is 1.45. The maximum atomic E-state index is 11.8. The van der Waals surface area contributed by atoms with E-state index < -0.39 is 29.2 Å². The van der Waals surface area contributed by atoms with Crippen molar-refractivity contribution in [1.29, 1.82) is 5.26 Å². The minimum absolute atomic E-state index is 0.470. The minimum Gasteiger partial charge on any atom is -0.503 e. The van der Waals surface area contributed by atoms with Crippen molar-refractivity contribution in [2.75, 3.05) is 5.73 Å². The van der Waals surface area contributed by atoms with E-state index in [1.54, 1.807) is 0 Å². The first-order valence-corrected chi connectivity index (χ1v) is 3.48. The Morgan fingerprint density at radius 3 is 2.60 bits per heavy atom. The number of pyridine rings is 1. The number of nitrogens with zero attached hydrogens (tertiary/aromatic N) is 2. The Morgan fingerprint density at radius 2 is 2.13 bits per heavy atom. The van der Waals surface area contributed by atoms with Gasteiger partial charge in [0.15, 0.2) is 17.2 Å². The maximum Gasteiger partial charge on any atom is 0.573 e. The number of aromatic nitrogens is 1. The lowest BCUT2D eigenvalue weighted by molar-refractivity contribution is -0.274. The van der Waals surface area contributed by atoms with Gasteiger partial charge in [-0.1, -0.05) is 0 Å². The summed E-state index contributed by atoms with van der Waals surface area (Å²) in [5.74, 6) is -1.68. The van der Waals surface area contributed by atoms with Gasteiger partial charge in [-0.05, 0) is 0 Å². The van der Waals surface area contributed by atoms with Crippen LogP contribution < -0.4 is 10.5 Å². The van der Waals surface area contributed by atoms with Gasteiger partial charge in [0.2, 0.25) is 0 Å². The van der Waals surface area contributed by atoms with Crippen LogP contribution in [0.1, 0.15) is 5.69 Å². The van der Waals surface area contributed by atoms with Gasteiger partial charge >= 0.3 is 6.36 Å². The lowest BCUT2D eigenvalue weighted by Gasteiger charge is -2.11. The van der Waals surface area contributed by atoms with Crippen molar-refractivity contribution in [3.8, 4) is 17.6 Å². The van der Waals surface area contributed by atoms with Crippen molar-refractivity contribution >= 4 is 5.69 Å². The Balaban J connectivity index is 3.14. The van der Waals surface area contributed by atoms with Crippen LogP contribution in [0.2, 0.25) is 0 Å². The zero-order chi connectivity index (χ0) is 11.6. The fourth-order valence-corrected chi connectivity index (χ4v) is 0.786. The summed E-state index contributed by atoms with van der Waals surface area (Å²) in [5.41, 5.74) is 3.95. The van der Waals surface area contributed by atoms with E-state index in [0.717, 1.165) is 0 Å². The molecule has 0 aliphatic rings. The zero-order valence-electron chi connectivity index (χ0n) is 7.04. The second kappa shape index (κ2) is 3.53. The van der Waals surface area contributed by atoms with Gasteiger partial charge < -0.3 is 15.6 Å². The van der Waals surface area contributed by atoms with Crippen molar-refractivity contribution in [3.05, 3.63) is 11.9 Å². The van der Waals surface area contributed by atoms with E-state index in [1.807, 2.05) is 0 Å². The van der Waals surface area contributed by atoms with Gasteiger partial charge in [0.1, 0.15) is 11.8 Å². The lowest BCUT2D eigenvalue weighted by atomic mass is 10.3. The Kier molecular flexibility index (Phi) is 2.57. The Bertz CT molecular complexity index is 425. The standard InChI is InChI=1S/C7H4F3N3O2/c8-7(9,10)15-4-2-13-3(1-11)6(14)5(4)12/h2,14H,(H2,12,13). The van der Waals surface area contributed by atoms with Crippen LogP contribution in [0.4, 0.5) is 18.9 Å². The van der Waals surface area contributed by atoms with Crippen LogP contribution in [-0.4, -0.2) is 16.5 Å². The average molecular weight is 219 g/mol. The molecule has 0 saturated carbocycles. The number of hydrogen-bond acceptors (Lipinski definition) is 5. The van der Waals surface area contributed by atoms with Gasteiger partial charge in [0.05, 0.1) is 6.20 Å². The predicted octanol–water partition coefficient (Wildman–Crippen LogP) is 1.14. The minimum atomic E-state index is -4.93. The average Bonchev–Trinajstić information content (AvgIpc) is 2.11. The Morgan fingerprint density at radius 1 is 1.53 bits per heavy atom. The van der Waals surface area contributed by atoms with E-state index in [4.69, 9.17) is 16.1 Å². The molecule has 0 atom stereocenters. The number of ether oxygens (including phenoxy) is 1. The molecule has 0 fully saturated rings. The van der Waals surface area contributed by atoms with Crippen LogP contribution in [0.3, 0.4) is 0 Å². The van der Waals surface area contributed by atoms with Gasteiger partial charge in [-0.2, -0.15) is 5.26 Å². The molecule has 1 heterocycles. The molecular formula is C7H4F3N3O2. The third-order valence-electron chi connectivity index (χ3n) is 1.39. The summed E-state index contributed by atoms with van der Waals surface area (Å²) in [6.07, 6.45) is -4.32. The fourth-order valence-electron chi connectivity index (χ4n) is 0.786. The largest absolute Gasteiger partial charge is 0.573 e. The highest BCUT2D eigenvalue weighted by Gasteiger charge is 2.32. The number of alkyl halides is 3. The molecule has 0 aromatic carbocycles. The summed E-state index contributed by atoms with van der Waals surface area (Å²) in [5, 5.41) is 17.5. The number of halogens is 3. The van der Waals surface area contributed by atoms with Crippen molar-refractivity contribution < 1.29 is 23.0 Å². The van der Waals surface area contributed by atoms with Gasteiger partial charge in [0, 0.05) is 0 Å². The predicted molar refractivity (Wildman–Crippen MR) is 41.7 cm³/mol. The monoisotopic (exact) mass is 219 g/mol. The molecule has 80 valence electrons. The molecule has 0 aliphatic heterocycles. The van der Waals surface area contributed by atoms with Crippen LogP contribution in [0.5, 0.6) is 11.5 Å². The molecule has 0 amide bonds. The van der Waals surface area contributed by atoms with Gasteiger partial charge in [-0.3, -0.25) is 0 Å². The number of nitrogen functional groups attached to an aromatic ring is 1. The number of anilines is 1. The second-order valence-corrected chi connectivity index (χ2v) is 2.39. The molecule has 3 N–H and O–H groups in total. The molecule has 0 bridgehead atoms. The summed E-state index contributed by atoms with van der Waals surface area (Å²) in [6.45, 7) is 0. The van der Waals surface area contributed by atoms with E-state index in [-0.39, 0.29) is 0 Å². The topological polar surface area (TPSA) is 92.2 Å². The molecule has 1 rings (SSSR count). The molecule has 15 heavy (non-hydrogen) atoms. The van der Waals surface area contributed by atoms with E-state index in [2.05, 4.69) is 9.72 Å². The fraction of sp³-hybridized carbons (Fsp3) is 0.143. The molecule has 0 spiro atoms. The number of nitrogens with two attached hydrogens (primary N) is 1. The SMILES string of the molecule is N#Cc1ncc(OC(F)(F)F)c(N)c1O. The molecule has 0 unspecified atom stereocenters. The van der Waals surface area contributed by atoms with Crippen LogP contribution in [0.25, 0.3) is 0 Å². The second-order valence-electron chi connectivity index (χ2n) is 2.39. The number of rotatable bonds is 1. The highest BCUT2D eigenvalue weighted by Crippen LogP contribution is 2.34. The van der Waals surface area contributed by atoms with E-state index in [0.29, 0.717) is 6.20 Å². The van der Waals surface area contributed by atoms with Gasteiger partial charge in [-0.25, -0.2) is 4.98 Å². The van der Waals surface area contributed by atoms with Gasteiger partial charge in [0.25, 0.3) is 0 Å². The highest BCUT2D eigenvalue weighted by atomic mass is 19.4. The Labute approximate surface area is 81.5 Å². The van der Waals surface area contributed by atoms with E-state index in [1.165, 1.54) is 6.07 Å². The summed E-state index contributed by atoms with van der Waals surface area (Å²) in [7, 11) is 0. The summed E-state index contributed by atoms with van der Waals surface area (Å²) < 4.78 is 38.8. The normalized spacial score (nSPS) is 10.8. The molecule has 0 aliphatic carbocycles. The first kappa shape index (κ1) is 10.9. The van der Waals surface area contributed by atoms with E-state index >= 15 is 0 Å². The number of hydrogen-bond donors (Lipinski definition) is 2. The third kappa shape index (κ3) is 2.40. The van der Waals surface area contributed by atoms with Crippen molar-refractivity contribution in [3.63, 3.8) is 0 Å². The smallest absolute Gasteiger partial charge is 0.503 e. The Hall–Kier alpha value is -2.17. The van der Waals surface area contributed by atoms with Crippen LogP contribution in [0, 0.1) is 11.3 Å². The molecular weight excluding hydrogens is 215 g/mol. The van der Waals surface area contributed by atoms with Crippen molar-refractivity contribution in [2.24, 2.45) is 0 Å². The summed E-state index contributed by atoms with van der Waals surface area (Å²) >= 11 is 0. The first-order chi connectivity index (χ1) is 6.85. The molecule has 1 aromatic rings. The number of aromatic hydroxyl groups is 1. The number of nitriles is 1. The highest BCUT2D eigenvalue weighted by molar-refractivity contribution is 5.65. The lowest BCUT2D eigenvalue weighted by Crippen LogP contribution is -2.18. The van der Waals surface area contributed by atoms with Crippen LogP contribution >= 0.6 is 0 Å². The van der Waals surface area contributed by atoms with Crippen molar-refractivity contribution in [2.45, 2.75) is 6.36 Å². The molecule has 1 aromatic heterocycles. The molecule has 8 heteroatoms. The first-order valence-electron chi connectivity index (χ1n) is 3.48. The third-order valence-corrected chi connectivity index (χ3v) is 1.39. The molecule has 5 nitrogen and oxygen atoms in total. The van der Waals surface area contributed by atoms with Crippen LogP contribution in [0.15, 0.2) is 6.20 Å². The van der Waals surface area contributed by atoms with Crippen LogP contribution in [-0.2, 0) is 0 Å². The summed E-state index contributed by atoms with van der Waals surface area (Å²) in [4.78, 5) is 3.23. The molecule has 0 radical (unpaired) electrons.